The molecule has 0 aliphatic heterocycles. The molecule has 0 unspecified atom stereocenters. The van der Waals surface area contributed by atoms with E-state index < -0.39 is 11.9 Å². The van der Waals surface area contributed by atoms with Gasteiger partial charge in [-0.15, -0.1) is 5.10 Å². The summed E-state index contributed by atoms with van der Waals surface area (Å²) in [5.41, 5.74) is 8.12. The van der Waals surface area contributed by atoms with Crippen LogP contribution in [0.15, 0.2) is 30.3 Å². The Kier molecular flexibility index (Phi) is 3.74. The van der Waals surface area contributed by atoms with Gasteiger partial charge in [-0.05, 0) is 36.1 Å². The molecule has 1 aliphatic rings. The van der Waals surface area contributed by atoms with E-state index in [1.54, 1.807) is 6.07 Å². The van der Waals surface area contributed by atoms with Gasteiger partial charge in [0.25, 0.3) is 5.91 Å². The maximum absolute atomic E-state index is 12.7. The number of carbonyl (C=O) groups excluding carboxylic acids is 1. The van der Waals surface area contributed by atoms with Gasteiger partial charge in [-0.25, -0.2) is 14.3 Å². The number of nitrogens with two attached hydrogens (primary N) is 1. The van der Waals surface area contributed by atoms with Crippen LogP contribution >= 0.6 is 0 Å². The molecular weight excluding hydrogens is 348 g/mol. The van der Waals surface area contributed by atoms with Crippen molar-refractivity contribution in [3.05, 3.63) is 58.4 Å². The number of nitrogens with zero attached hydrogens (tertiary/aromatic N) is 4. The number of aromatic nitrogens is 3. The minimum absolute atomic E-state index is 0.0260. The molecule has 1 aliphatic carbocycles. The Hall–Kier alpha value is -3.93. The van der Waals surface area contributed by atoms with Gasteiger partial charge in [-0.2, -0.15) is 5.26 Å². The average molecular weight is 362 g/mol. The lowest BCUT2D eigenvalue weighted by Crippen LogP contribution is -2.28. The van der Waals surface area contributed by atoms with Crippen LogP contribution < -0.4 is 11.1 Å². The van der Waals surface area contributed by atoms with Crippen molar-refractivity contribution in [2.75, 3.05) is 5.73 Å². The van der Waals surface area contributed by atoms with Crippen LogP contribution in [0.5, 0.6) is 0 Å². The van der Waals surface area contributed by atoms with Gasteiger partial charge in [-0.3, -0.25) is 4.79 Å². The van der Waals surface area contributed by atoms with Crippen LogP contribution in [0.4, 0.5) is 5.82 Å². The van der Waals surface area contributed by atoms with E-state index in [1.165, 1.54) is 12.1 Å². The molecule has 2 heterocycles. The van der Waals surface area contributed by atoms with Gasteiger partial charge in [0.1, 0.15) is 11.5 Å². The van der Waals surface area contributed by atoms with Gasteiger partial charge in [0.15, 0.2) is 11.3 Å². The largest absolute Gasteiger partial charge is 0.477 e. The molecule has 9 nitrogen and oxygen atoms in total. The average Bonchev–Trinajstić information content (AvgIpc) is 3.22. The van der Waals surface area contributed by atoms with E-state index in [9.17, 15) is 14.7 Å². The quantitative estimate of drug-likeness (QED) is 0.636. The molecule has 27 heavy (non-hydrogen) atoms. The highest BCUT2D eigenvalue weighted by atomic mass is 16.4. The number of benzene rings is 1. The van der Waals surface area contributed by atoms with Gasteiger partial charge in [0.05, 0.1) is 17.7 Å². The Labute approximate surface area is 153 Å². The van der Waals surface area contributed by atoms with Crippen molar-refractivity contribution in [2.45, 2.75) is 18.9 Å². The minimum atomic E-state index is -1.24. The molecule has 3 aromatic rings. The molecule has 134 valence electrons. The highest BCUT2D eigenvalue weighted by molar-refractivity contribution is 5.96. The van der Waals surface area contributed by atoms with E-state index in [0.717, 1.165) is 22.1 Å². The Balaban J connectivity index is 1.65. The standard InChI is InChI=1S/C18H14N6O3/c19-8-9-1-3-11-10(5-9)2-4-12(11)22-17(25)13-6-14(18(26)27)24-16(21-13)7-15(20)23-24/h1,3,5-7,12H,2,4H2,(H2,20,23)(H,22,25)(H,26,27)/t12-/m0/s1. The zero-order valence-electron chi connectivity index (χ0n) is 14.0. The lowest BCUT2D eigenvalue weighted by molar-refractivity contribution is 0.0687. The molecule has 0 saturated carbocycles. The highest BCUT2D eigenvalue weighted by Crippen LogP contribution is 2.31. The molecule has 2 aromatic heterocycles. The number of aromatic carboxylic acids is 1. The SMILES string of the molecule is N#Cc1ccc2c(c1)CC[C@@H]2NC(=O)c1cc(C(=O)O)n2nc(N)cc2n1. The van der Waals surface area contributed by atoms with Crippen LogP contribution in [0.2, 0.25) is 0 Å². The zero-order chi connectivity index (χ0) is 19.1. The maximum atomic E-state index is 12.7. The van der Waals surface area contributed by atoms with Crippen molar-refractivity contribution in [1.82, 2.24) is 19.9 Å². The monoisotopic (exact) mass is 362 g/mol. The van der Waals surface area contributed by atoms with Crippen molar-refractivity contribution in [1.29, 1.82) is 5.26 Å². The highest BCUT2D eigenvalue weighted by Gasteiger charge is 2.26. The van der Waals surface area contributed by atoms with E-state index in [-0.39, 0.29) is 28.9 Å². The first-order valence-electron chi connectivity index (χ1n) is 8.19. The predicted octanol–water partition coefficient (Wildman–Crippen LogP) is 1.30. The first kappa shape index (κ1) is 16.5. The molecule has 1 aromatic carbocycles. The maximum Gasteiger partial charge on any atom is 0.354 e. The van der Waals surface area contributed by atoms with E-state index >= 15 is 0 Å². The molecule has 0 fully saturated rings. The Morgan fingerprint density at radius 1 is 1.33 bits per heavy atom. The third-order valence-electron chi connectivity index (χ3n) is 4.55. The predicted molar refractivity (Wildman–Crippen MR) is 94.0 cm³/mol. The van der Waals surface area contributed by atoms with Gasteiger partial charge in [0, 0.05) is 12.1 Å². The fraction of sp³-hybridized carbons (Fsp3) is 0.167. The van der Waals surface area contributed by atoms with Gasteiger partial charge in [0.2, 0.25) is 0 Å². The van der Waals surface area contributed by atoms with Gasteiger partial charge < -0.3 is 16.2 Å². The zero-order valence-corrected chi connectivity index (χ0v) is 14.0. The van der Waals surface area contributed by atoms with E-state index in [4.69, 9.17) is 11.0 Å². The van der Waals surface area contributed by atoms with Crippen molar-refractivity contribution < 1.29 is 14.7 Å². The number of aryl methyl sites for hydroxylation is 1. The van der Waals surface area contributed by atoms with E-state index in [2.05, 4.69) is 21.5 Å². The summed E-state index contributed by atoms with van der Waals surface area (Å²) in [7, 11) is 0. The summed E-state index contributed by atoms with van der Waals surface area (Å²) in [4.78, 5) is 28.3. The molecule has 1 atom stereocenters. The lowest BCUT2D eigenvalue weighted by Gasteiger charge is -2.14. The Morgan fingerprint density at radius 2 is 2.15 bits per heavy atom. The number of fused-ring (bicyclic) bond motifs is 2. The van der Waals surface area contributed by atoms with Crippen LogP contribution in [0, 0.1) is 11.3 Å². The number of hydrogen-bond acceptors (Lipinski definition) is 6. The number of carboxylic acids is 1. The van der Waals surface area contributed by atoms with Crippen LogP contribution in [-0.4, -0.2) is 31.6 Å². The summed E-state index contributed by atoms with van der Waals surface area (Å²) in [6.07, 6.45) is 1.45. The normalized spacial score (nSPS) is 15.3. The topological polar surface area (TPSA) is 146 Å². The fourth-order valence-corrected chi connectivity index (χ4v) is 3.33. The van der Waals surface area contributed by atoms with Crippen molar-refractivity contribution in [2.24, 2.45) is 0 Å². The molecule has 0 spiro atoms. The Morgan fingerprint density at radius 3 is 2.89 bits per heavy atom. The second kappa shape index (κ2) is 6.10. The number of nitrogens with one attached hydrogen (secondary N) is 1. The summed E-state index contributed by atoms with van der Waals surface area (Å²) in [5, 5.41) is 25.1. The lowest BCUT2D eigenvalue weighted by atomic mass is 10.1. The summed E-state index contributed by atoms with van der Waals surface area (Å²) >= 11 is 0. The molecule has 0 saturated heterocycles. The molecule has 0 radical (unpaired) electrons. The number of anilines is 1. The summed E-state index contributed by atoms with van der Waals surface area (Å²) in [6, 6.07) is 9.83. The first-order valence-corrected chi connectivity index (χ1v) is 8.19. The van der Waals surface area contributed by atoms with E-state index in [1.807, 2.05) is 12.1 Å². The van der Waals surface area contributed by atoms with E-state index in [0.29, 0.717) is 12.0 Å². The number of carbonyl (C=O) groups is 2. The number of rotatable bonds is 3. The second-order valence-corrected chi connectivity index (χ2v) is 6.26. The molecule has 4 N–H and O–H groups in total. The summed E-state index contributed by atoms with van der Waals surface area (Å²) in [6.45, 7) is 0. The van der Waals surface area contributed by atoms with Crippen molar-refractivity contribution in [3.8, 4) is 6.07 Å². The Bertz CT molecular complexity index is 1140. The smallest absolute Gasteiger partial charge is 0.354 e. The molecule has 4 rings (SSSR count). The molecule has 0 bridgehead atoms. The van der Waals surface area contributed by atoms with Gasteiger partial charge >= 0.3 is 5.97 Å². The fourth-order valence-electron chi connectivity index (χ4n) is 3.33. The number of amides is 1. The summed E-state index contributed by atoms with van der Waals surface area (Å²) in [5.74, 6) is -1.61. The number of carboxylic acid groups (broad SMARTS) is 1. The minimum Gasteiger partial charge on any atom is -0.477 e. The van der Waals surface area contributed by atoms with Crippen LogP contribution in [0.3, 0.4) is 0 Å². The van der Waals surface area contributed by atoms with Crippen molar-refractivity contribution in [3.63, 3.8) is 0 Å². The molecular formula is C18H14N6O3. The van der Waals surface area contributed by atoms with Gasteiger partial charge in [-0.1, -0.05) is 6.07 Å². The number of nitrogen functional groups attached to an aromatic ring is 1. The number of hydrogen-bond donors (Lipinski definition) is 3. The van der Waals surface area contributed by atoms with Crippen molar-refractivity contribution >= 4 is 23.3 Å². The summed E-state index contributed by atoms with van der Waals surface area (Å²) < 4.78 is 1.09. The third kappa shape index (κ3) is 2.83. The second-order valence-electron chi connectivity index (χ2n) is 6.26. The molecule has 1 amide bonds. The molecule has 9 heteroatoms. The number of nitriles is 1. The van der Waals surface area contributed by atoms with Crippen LogP contribution in [0.25, 0.3) is 5.65 Å². The van der Waals surface area contributed by atoms with Crippen LogP contribution in [0.1, 0.15) is 50.1 Å². The third-order valence-corrected chi connectivity index (χ3v) is 4.55. The van der Waals surface area contributed by atoms with Crippen LogP contribution in [-0.2, 0) is 6.42 Å². The first-order chi connectivity index (χ1) is 13.0.